The third-order valence-electron chi connectivity index (χ3n) is 18.5. The van der Waals surface area contributed by atoms with Crippen LogP contribution in [0.2, 0.25) is 0 Å². The van der Waals surface area contributed by atoms with Crippen LogP contribution in [0.4, 0.5) is 0 Å². The van der Waals surface area contributed by atoms with E-state index in [2.05, 4.69) is 41.5 Å². The zero-order valence-electron chi connectivity index (χ0n) is 64.1. The zero-order valence-corrected chi connectivity index (χ0v) is 65.9. The lowest BCUT2D eigenvalue weighted by Crippen LogP contribution is -2.30. The van der Waals surface area contributed by atoms with E-state index in [9.17, 15) is 43.2 Å². The van der Waals surface area contributed by atoms with E-state index in [1.165, 1.54) is 225 Å². The van der Waals surface area contributed by atoms with E-state index in [0.29, 0.717) is 25.7 Å². The summed E-state index contributed by atoms with van der Waals surface area (Å²) in [7, 11) is -9.91. The topological polar surface area (TPSA) is 237 Å². The first-order chi connectivity index (χ1) is 47.4. The zero-order chi connectivity index (χ0) is 72.1. The number of ether oxygens (including phenoxy) is 4. The molecule has 0 aliphatic heterocycles. The van der Waals surface area contributed by atoms with Gasteiger partial charge in [0.25, 0.3) is 0 Å². The van der Waals surface area contributed by atoms with Gasteiger partial charge in [0.15, 0.2) is 12.2 Å². The molecule has 5 atom stereocenters. The van der Waals surface area contributed by atoms with E-state index in [0.717, 1.165) is 108 Å². The second kappa shape index (κ2) is 70.7. The summed E-state index contributed by atoms with van der Waals surface area (Å²) in [6.45, 7) is 9.62. The SMILES string of the molecule is CCCCCCCCCCCCCCCCCCCCCC(=O)O[C@H](COC(=O)CCCCCCCCCCCCCCCCC(C)C)COP(=O)(O)OC[C@@H](O)COP(=O)(O)OC[C@@H](COC(=O)CCCCCCCCCC)OC(=O)CCCCCCCCCCCCCC(C)C. The number of phosphoric ester groups is 2. The molecule has 582 valence electrons. The Kier molecular flexibility index (Phi) is 69.3. The van der Waals surface area contributed by atoms with Crippen molar-refractivity contribution in [3.8, 4) is 0 Å². The first-order valence-corrected chi connectivity index (χ1v) is 44.0. The smallest absolute Gasteiger partial charge is 0.462 e. The van der Waals surface area contributed by atoms with E-state index < -0.39 is 97.5 Å². The summed E-state index contributed by atoms with van der Waals surface area (Å²) >= 11 is 0. The van der Waals surface area contributed by atoms with Crippen molar-refractivity contribution in [3.63, 3.8) is 0 Å². The fourth-order valence-corrected chi connectivity index (χ4v) is 13.8. The molecule has 0 aromatic rings. The third-order valence-corrected chi connectivity index (χ3v) is 20.4. The van der Waals surface area contributed by atoms with Gasteiger partial charge < -0.3 is 33.8 Å². The molecule has 0 bridgehead atoms. The molecule has 0 aromatic heterocycles. The van der Waals surface area contributed by atoms with Gasteiger partial charge in [-0.15, -0.1) is 0 Å². The summed E-state index contributed by atoms with van der Waals surface area (Å²) in [4.78, 5) is 72.9. The Hall–Kier alpha value is -1.94. The fraction of sp³-hybridized carbons (Fsp3) is 0.949. The maximum absolute atomic E-state index is 13.1. The summed E-state index contributed by atoms with van der Waals surface area (Å²) in [5, 5.41) is 10.6. The lowest BCUT2D eigenvalue weighted by molar-refractivity contribution is -0.161. The van der Waals surface area contributed by atoms with Crippen LogP contribution in [0.5, 0.6) is 0 Å². The van der Waals surface area contributed by atoms with Gasteiger partial charge in [0, 0.05) is 25.7 Å². The lowest BCUT2D eigenvalue weighted by Gasteiger charge is -2.21. The summed E-state index contributed by atoms with van der Waals surface area (Å²) in [5.74, 6) is -0.549. The van der Waals surface area contributed by atoms with Crippen LogP contribution >= 0.6 is 15.6 Å². The van der Waals surface area contributed by atoms with Gasteiger partial charge in [-0.2, -0.15) is 0 Å². The molecule has 0 amide bonds. The quantitative estimate of drug-likeness (QED) is 0.0222. The summed E-state index contributed by atoms with van der Waals surface area (Å²) in [6.07, 6.45) is 59.7. The first kappa shape index (κ1) is 96.1. The van der Waals surface area contributed by atoms with Crippen molar-refractivity contribution in [3.05, 3.63) is 0 Å². The van der Waals surface area contributed by atoms with Crippen LogP contribution in [-0.4, -0.2) is 96.7 Å². The van der Waals surface area contributed by atoms with Gasteiger partial charge in [-0.1, -0.05) is 363 Å². The summed E-state index contributed by atoms with van der Waals surface area (Å²) in [5.41, 5.74) is 0. The van der Waals surface area contributed by atoms with Crippen LogP contribution in [0.3, 0.4) is 0 Å². The molecule has 0 radical (unpaired) electrons. The number of phosphoric acid groups is 2. The molecular formula is C79H154O17P2. The third kappa shape index (κ3) is 72.4. The van der Waals surface area contributed by atoms with E-state index in [-0.39, 0.29) is 25.7 Å². The van der Waals surface area contributed by atoms with Gasteiger partial charge >= 0.3 is 39.5 Å². The minimum absolute atomic E-state index is 0.106. The van der Waals surface area contributed by atoms with Crippen LogP contribution in [-0.2, 0) is 65.4 Å². The Labute approximate surface area is 600 Å². The maximum atomic E-state index is 13.1. The number of unbranched alkanes of at least 4 members (excludes halogenated alkanes) is 48. The highest BCUT2D eigenvalue weighted by atomic mass is 31.2. The number of carbonyl (C=O) groups is 4. The number of esters is 4. The van der Waals surface area contributed by atoms with Gasteiger partial charge in [-0.3, -0.25) is 37.3 Å². The Morgan fingerprint density at radius 2 is 0.469 bits per heavy atom. The molecule has 0 aliphatic carbocycles. The van der Waals surface area contributed by atoms with E-state index in [4.69, 9.17) is 37.0 Å². The van der Waals surface area contributed by atoms with Gasteiger partial charge in [0.2, 0.25) is 0 Å². The molecule has 19 heteroatoms. The molecule has 0 rings (SSSR count). The van der Waals surface area contributed by atoms with Gasteiger partial charge in [-0.05, 0) is 37.5 Å². The molecule has 0 heterocycles. The lowest BCUT2D eigenvalue weighted by atomic mass is 10.0. The average molecular weight is 1440 g/mol. The molecule has 0 saturated heterocycles. The number of hydrogen-bond acceptors (Lipinski definition) is 15. The molecular weight excluding hydrogens is 1280 g/mol. The Morgan fingerprint density at radius 1 is 0.276 bits per heavy atom. The molecule has 2 unspecified atom stereocenters. The van der Waals surface area contributed by atoms with Crippen LogP contribution < -0.4 is 0 Å². The largest absolute Gasteiger partial charge is 0.472 e. The highest BCUT2D eigenvalue weighted by molar-refractivity contribution is 7.47. The number of aliphatic hydroxyl groups excluding tert-OH is 1. The van der Waals surface area contributed by atoms with Crippen molar-refractivity contribution in [2.75, 3.05) is 39.6 Å². The Bertz CT molecular complexity index is 1890. The predicted octanol–water partition coefficient (Wildman–Crippen LogP) is 23.5. The van der Waals surface area contributed by atoms with Crippen molar-refractivity contribution in [1.82, 2.24) is 0 Å². The van der Waals surface area contributed by atoms with Crippen molar-refractivity contribution in [1.29, 1.82) is 0 Å². The number of aliphatic hydroxyl groups is 1. The highest BCUT2D eigenvalue weighted by Gasteiger charge is 2.30. The van der Waals surface area contributed by atoms with Crippen LogP contribution in [0, 0.1) is 11.8 Å². The Balaban J connectivity index is 5.21. The normalized spacial score (nSPS) is 13.9. The number of rotatable bonds is 78. The molecule has 0 aliphatic rings. The second-order valence-corrected chi connectivity index (χ2v) is 32.3. The minimum Gasteiger partial charge on any atom is -0.462 e. The van der Waals surface area contributed by atoms with Crippen LogP contribution in [0.1, 0.15) is 414 Å². The fourth-order valence-electron chi connectivity index (χ4n) is 12.2. The molecule has 3 N–H and O–H groups in total. The molecule has 98 heavy (non-hydrogen) atoms. The maximum Gasteiger partial charge on any atom is 0.472 e. The van der Waals surface area contributed by atoms with E-state index in [1.807, 2.05) is 0 Å². The highest BCUT2D eigenvalue weighted by Crippen LogP contribution is 2.45. The molecule has 0 aromatic carbocycles. The van der Waals surface area contributed by atoms with E-state index in [1.54, 1.807) is 0 Å². The van der Waals surface area contributed by atoms with Crippen molar-refractivity contribution >= 4 is 39.5 Å². The average Bonchev–Trinajstić information content (AvgIpc) is 1.29. The predicted molar refractivity (Wildman–Crippen MR) is 400 cm³/mol. The molecule has 17 nitrogen and oxygen atoms in total. The van der Waals surface area contributed by atoms with Crippen molar-refractivity contribution in [2.24, 2.45) is 11.8 Å². The standard InChI is InChI=1S/C79H154O17P2/c1-7-9-11-13-15-17-18-19-20-21-22-23-24-29-34-39-45-51-57-63-78(83)96-75(68-90-77(82)62-56-50-44-38-33-28-26-25-27-31-36-41-47-53-59-71(3)4)70-94-98(87,88)92-66-73(80)65-91-97(85,86)93-69-74(67-89-76(81)61-55-49-43-16-14-12-10-8-2)95-79(84)64-58-52-46-40-35-30-32-37-42-48-54-60-72(5)6/h71-75,80H,7-70H2,1-6H3,(H,85,86)(H,87,88)/t73-,74+,75+/m0/s1. The Morgan fingerprint density at radius 3 is 0.694 bits per heavy atom. The monoisotopic (exact) mass is 1440 g/mol. The van der Waals surface area contributed by atoms with Gasteiger partial charge in [0.05, 0.1) is 26.4 Å². The summed E-state index contributed by atoms with van der Waals surface area (Å²) < 4.78 is 68.6. The molecule has 0 fully saturated rings. The van der Waals surface area contributed by atoms with Crippen LogP contribution in [0.15, 0.2) is 0 Å². The van der Waals surface area contributed by atoms with Crippen molar-refractivity contribution in [2.45, 2.75) is 432 Å². The van der Waals surface area contributed by atoms with Gasteiger partial charge in [-0.25, -0.2) is 9.13 Å². The van der Waals surface area contributed by atoms with E-state index >= 15 is 0 Å². The number of hydrogen-bond donors (Lipinski definition) is 3. The molecule has 0 spiro atoms. The van der Waals surface area contributed by atoms with Gasteiger partial charge in [0.1, 0.15) is 19.3 Å². The second-order valence-electron chi connectivity index (χ2n) is 29.4. The van der Waals surface area contributed by atoms with Crippen LogP contribution in [0.25, 0.3) is 0 Å². The molecule has 0 saturated carbocycles. The first-order valence-electron chi connectivity index (χ1n) is 41.0. The summed E-state index contributed by atoms with van der Waals surface area (Å²) in [6, 6.07) is 0. The number of carbonyl (C=O) groups excluding carboxylic acids is 4. The minimum atomic E-state index is -4.96. The van der Waals surface area contributed by atoms with Crippen molar-refractivity contribution < 1.29 is 80.2 Å².